The van der Waals surface area contributed by atoms with Gasteiger partial charge < -0.3 is 6.15 Å². The Bertz CT molecular complexity index is 19.2. The summed E-state index contributed by atoms with van der Waals surface area (Å²) in [5.74, 6) is 0. The molecule has 0 heterocycles. The quantitative estimate of drug-likeness (QED) is 0.592. The van der Waals surface area contributed by atoms with E-state index in [9.17, 15) is 0 Å². The normalized spacial score (nSPS) is 6.00. The summed E-state index contributed by atoms with van der Waals surface area (Å²) in [5.41, 5.74) is 0. The minimum Gasteiger partial charge on any atom is -0.344 e. The zero-order chi connectivity index (χ0) is 4.12. The summed E-state index contributed by atoms with van der Waals surface area (Å²) in [6, 6.07) is 0. The lowest BCUT2D eigenvalue weighted by atomic mass is 10.4. The molecule has 0 rings (SSSR count). The van der Waals surface area contributed by atoms with Crippen LogP contribution in [0, 0.1) is 0 Å². The van der Waals surface area contributed by atoms with Gasteiger partial charge in [0.05, 0.1) is 0 Å². The first-order chi connectivity index (χ1) is 2.41. The van der Waals surface area contributed by atoms with Gasteiger partial charge in [-0.05, 0) is 6.16 Å². The topological polar surface area (TPSA) is 35.0 Å². The van der Waals surface area contributed by atoms with Crippen LogP contribution in [0.15, 0.2) is 0 Å². The van der Waals surface area contributed by atoms with Crippen LogP contribution in [0.4, 0.5) is 0 Å². The molecule has 3 heteroatoms. The van der Waals surface area contributed by atoms with Crippen molar-refractivity contribution in [3.63, 3.8) is 0 Å². The standard InChI is InChI=1S/C4H11P.ClH.H3N/c1-2-3-4-5;;/h2-5H2,1H3;1H;1H3. The van der Waals surface area contributed by atoms with Crippen LogP contribution in [-0.4, -0.2) is 6.16 Å². The molecule has 0 aliphatic carbocycles. The number of rotatable bonds is 2. The highest BCUT2D eigenvalue weighted by molar-refractivity contribution is 7.16. The van der Waals surface area contributed by atoms with Crippen LogP contribution in [0.1, 0.15) is 19.8 Å². The number of hydrogen-bond acceptors (Lipinski definition) is 1. The van der Waals surface area contributed by atoms with Gasteiger partial charge in [0.2, 0.25) is 0 Å². The molecule has 1 unspecified atom stereocenters. The molecule has 1 atom stereocenters. The van der Waals surface area contributed by atoms with Gasteiger partial charge >= 0.3 is 0 Å². The predicted octanol–water partition coefficient (Wildman–Crippen LogP) is 2.25. The Morgan fingerprint density at radius 1 is 1.43 bits per heavy atom. The van der Waals surface area contributed by atoms with Crippen LogP contribution < -0.4 is 6.15 Å². The Kier molecular flexibility index (Phi) is 35.6. The SMILES string of the molecule is CCCCP.Cl.N. The molecular weight excluding hydrogens is 128 g/mol. The molecule has 0 radical (unpaired) electrons. The third kappa shape index (κ3) is 20.4. The Morgan fingerprint density at radius 3 is 1.86 bits per heavy atom. The maximum absolute atomic E-state index is 2.70. The van der Waals surface area contributed by atoms with Gasteiger partial charge in [-0.3, -0.25) is 0 Å². The number of hydrogen-bond donors (Lipinski definition) is 1. The second-order valence-corrected chi connectivity index (χ2v) is 1.72. The first kappa shape index (κ1) is 15.6. The lowest BCUT2D eigenvalue weighted by Crippen LogP contribution is -1.64. The lowest BCUT2D eigenvalue weighted by Gasteiger charge is -1.79. The minimum atomic E-state index is 0. The fourth-order valence-corrected chi connectivity index (χ4v) is 0.612. The molecule has 0 amide bonds. The van der Waals surface area contributed by atoms with E-state index >= 15 is 0 Å². The molecule has 0 fully saturated rings. The highest BCUT2D eigenvalue weighted by Gasteiger charge is 1.68. The smallest absolute Gasteiger partial charge is 0.0381 e. The second-order valence-electron chi connectivity index (χ2n) is 1.14. The molecule has 0 aromatic carbocycles. The first-order valence-corrected chi connectivity index (χ1v) is 2.93. The van der Waals surface area contributed by atoms with E-state index in [0.29, 0.717) is 0 Å². The maximum Gasteiger partial charge on any atom is -0.0381 e. The third-order valence-electron chi connectivity index (χ3n) is 0.558. The largest absolute Gasteiger partial charge is 0.344 e. The monoisotopic (exact) mass is 143 g/mol. The Hall–Kier alpha value is 0.680. The molecule has 0 aliphatic heterocycles. The molecule has 0 bridgehead atoms. The van der Waals surface area contributed by atoms with Crippen LogP contribution in [0.3, 0.4) is 0 Å². The van der Waals surface area contributed by atoms with Crippen molar-refractivity contribution in [3.05, 3.63) is 0 Å². The highest BCUT2D eigenvalue weighted by atomic mass is 35.5. The maximum atomic E-state index is 2.70. The molecule has 48 valence electrons. The van der Waals surface area contributed by atoms with E-state index in [2.05, 4.69) is 16.2 Å². The van der Waals surface area contributed by atoms with Crippen molar-refractivity contribution in [2.45, 2.75) is 19.8 Å². The Labute approximate surface area is 54.5 Å². The van der Waals surface area contributed by atoms with E-state index in [1.165, 1.54) is 19.0 Å². The van der Waals surface area contributed by atoms with Crippen molar-refractivity contribution in [1.29, 1.82) is 0 Å². The van der Waals surface area contributed by atoms with Gasteiger partial charge in [0.25, 0.3) is 0 Å². The average Bonchev–Trinajstić information content (AvgIpc) is 1.41. The van der Waals surface area contributed by atoms with Crippen molar-refractivity contribution >= 4 is 21.6 Å². The molecule has 0 saturated carbocycles. The lowest BCUT2D eigenvalue weighted by molar-refractivity contribution is 0.897. The van der Waals surface area contributed by atoms with E-state index in [4.69, 9.17) is 0 Å². The van der Waals surface area contributed by atoms with Crippen LogP contribution in [0.2, 0.25) is 0 Å². The van der Waals surface area contributed by atoms with Gasteiger partial charge in [-0.25, -0.2) is 0 Å². The van der Waals surface area contributed by atoms with Gasteiger partial charge in [0.1, 0.15) is 0 Å². The molecule has 7 heavy (non-hydrogen) atoms. The highest BCUT2D eigenvalue weighted by Crippen LogP contribution is 1.89. The van der Waals surface area contributed by atoms with Crippen molar-refractivity contribution in [2.24, 2.45) is 0 Å². The van der Waals surface area contributed by atoms with Gasteiger partial charge in [-0.2, -0.15) is 0 Å². The summed E-state index contributed by atoms with van der Waals surface area (Å²) < 4.78 is 0. The van der Waals surface area contributed by atoms with E-state index in [1.54, 1.807) is 0 Å². The molecule has 1 nitrogen and oxygen atoms in total. The van der Waals surface area contributed by atoms with E-state index in [0.717, 1.165) is 0 Å². The van der Waals surface area contributed by atoms with Crippen LogP contribution in [0.5, 0.6) is 0 Å². The van der Waals surface area contributed by atoms with Gasteiger partial charge in [-0.1, -0.05) is 19.8 Å². The summed E-state index contributed by atoms with van der Waals surface area (Å²) in [5, 5.41) is 0. The molecular formula is C4H15ClNP. The van der Waals surface area contributed by atoms with E-state index in [1.807, 2.05) is 0 Å². The van der Waals surface area contributed by atoms with E-state index in [-0.39, 0.29) is 18.6 Å². The van der Waals surface area contributed by atoms with Crippen molar-refractivity contribution in [1.82, 2.24) is 6.15 Å². The molecule has 3 N–H and O–H groups in total. The molecule has 0 aliphatic rings. The third-order valence-corrected chi connectivity index (χ3v) is 0.966. The van der Waals surface area contributed by atoms with Gasteiger partial charge in [-0.15, -0.1) is 21.6 Å². The zero-order valence-corrected chi connectivity index (χ0v) is 6.79. The zero-order valence-electron chi connectivity index (χ0n) is 4.81. The summed E-state index contributed by atoms with van der Waals surface area (Å²) >= 11 is 0. The fraction of sp³-hybridized carbons (Fsp3) is 1.00. The summed E-state index contributed by atoms with van der Waals surface area (Å²) in [6.45, 7) is 2.20. The molecule has 0 aromatic rings. The van der Waals surface area contributed by atoms with Crippen molar-refractivity contribution in [2.75, 3.05) is 6.16 Å². The Morgan fingerprint density at radius 2 is 1.86 bits per heavy atom. The molecule has 0 saturated heterocycles. The van der Waals surface area contributed by atoms with Gasteiger partial charge in [0, 0.05) is 0 Å². The van der Waals surface area contributed by atoms with Gasteiger partial charge in [0.15, 0.2) is 0 Å². The fourth-order valence-electron chi connectivity index (χ4n) is 0.204. The first-order valence-electron chi connectivity index (χ1n) is 2.12. The molecule has 0 spiro atoms. The van der Waals surface area contributed by atoms with Crippen molar-refractivity contribution in [3.8, 4) is 0 Å². The number of unbranched alkanes of at least 4 members (excludes halogenated alkanes) is 1. The van der Waals surface area contributed by atoms with E-state index < -0.39 is 0 Å². The average molecular weight is 144 g/mol. The van der Waals surface area contributed by atoms with Crippen LogP contribution >= 0.6 is 21.6 Å². The summed E-state index contributed by atoms with van der Waals surface area (Å²) in [6.07, 6.45) is 3.94. The minimum absolute atomic E-state index is 0. The van der Waals surface area contributed by atoms with Crippen LogP contribution in [0.25, 0.3) is 0 Å². The predicted molar refractivity (Wildman–Crippen MR) is 41.8 cm³/mol. The summed E-state index contributed by atoms with van der Waals surface area (Å²) in [4.78, 5) is 0. The Balaban J connectivity index is -0.0000000800. The summed E-state index contributed by atoms with van der Waals surface area (Å²) in [7, 11) is 2.70. The van der Waals surface area contributed by atoms with Crippen LogP contribution in [-0.2, 0) is 0 Å². The second kappa shape index (κ2) is 15.9. The van der Waals surface area contributed by atoms with Crippen molar-refractivity contribution < 1.29 is 0 Å². The number of halogens is 1. The molecule has 0 aromatic heterocycles.